The zero-order chi connectivity index (χ0) is 20.9. The molecule has 2 heterocycles. The van der Waals surface area contributed by atoms with Crippen molar-refractivity contribution >= 4 is 35.0 Å². The molecule has 30 heavy (non-hydrogen) atoms. The number of nitrogens with one attached hydrogen (secondary N) is 2. The summed E-state index contributed by atoms with van der Waals surface area (Å²) in [5.41, 5.74) is 2.01. The van der Waals surface area contributed by atoms with Crippen LogP contribution in [0.15, 0.2) is 47.6 Å². The van der Waals surface area contributed by atoms with Crippen molar-refractivity contribution in [1.82, 2.24) is 20.2 Å². The summed E-state index contributed by atoms with van der Waals surface area (Å²) in [6.07, 6.45) is 0.404. The van der Waals surface area contributed by atoms with Gasteiger partial charge in [-0.15, -0.1) is 5.10 Å². The van der Waals surface area contributed by atoms with Crippen molar-refractivity contribution in [3.8, 4) is 17.2 Å². The second-order valence-corrected chi connectivity index (χ2v) is 7.17. The number of hydrogen-bond acceptors (Lipinski definition) is 8. The van der Waals surface area contributed by atoms with E-state index in [1.807, 2.05) is 6.07 Å². The minimum atomic E-state index is -0.203. The molecule has 0 bridgehead atoms. The summed E-state index contributed by atoms with van der Waals surface area (Å²) in [6.45, 7) is 1.96. The summed E-state index contributed by atoms with van der Waals surface area (Å²) < 4.78 is 12.2. The number of ether oxygens (including phenoxy) is 2. The van der Waals surface area contributed by atoms with Crippen molar-refractivity contribution in [2.45, 2.75) is 18.5 Å². The Kier molecular flexibility index (Phi) is 5.80. The molecule has 0 aliphatic carbocycles. The molecule has 1 aliphatic heterocycles. The number of tetrazole rings is 1. The highest BCUT2D eigenvalue weighted by molar-refractivity contribution is 7.99. The Hall–Kier alpha value is -3.60. The van der Waals surface area contributed by atoms with Gasteiger partial charge in [-0.3, -0.25) is 9.59 Å². The molecule has 3 aromatic rings. The fourth-order valence-corrected chi connectivity index (χ4v) is 3.35. The molecule has 2 N–H and O–H groups in total. The van der Waals surface area contributed by atoms with Crippen molar-refractivity contribution in [2.24, 2.45) is 0 Å². The van der Waals surface area contributed by atoms with Gasteiger partial charge in [0.25, 0.3) is 0 Å². The average Bonchev–Trinajstić information content (AvgIpc) is 3.42. The molecule has 11 heteroatoms. The molecule has 0 atom stereocenters. The number of thioether (sulfide) groups is 1. The number of nitrogens with zero attached hydrogens (tertiary/aromatic N) is 4. The second kappa shape index (κ2) is 8.82. The Morgan fingerprint density at radius 3 is 2.47 bits per heavy atom. The summed E-state index contributed by atoms with van der Waals surface area (Å²) >= 11 is 1.21. The molecule has 10 nitrogen and oxygen atoms in total. The van der Waals surface area contributed by atoms with Crippen LogP contribution in [-0.2, 0) is 9.59 Å². The van der Waals surface area contributed by atoms with Crippen molar-refractivity contribution in [3.05, 3.63) is 42.5 Å². The lowest BCUT2D eigenvalue weighted by atomic mass is 10.2. The van der Waals surface area contributed by atoms with Gasteiger partial charge >= 0.3 is 0 Å². The zero-order valence-corrected chi connectivity index (χ0v) is 16.8. The molecule has 1 aliphatic rings. The van der Waals surface area contributed by atoms with E-state index in [2.05, 4.69) is 26.2 Å². The Morgan fingerprint density at radius 2 is 1.73 bits per heavy atom. The predicted octanol–water partition coefficient (Wildman–Crippen LogP) is 2.47. The Balaban J connectivity index is 1.35. The molecule has 0 spiro atoms. The smallest absolute Gasteiger partial charge is 0.234 e. The Labute approximate surface area is 175 Å². The van der Waals surface area contributed by atoms with E-state index in [-0.39, 0.29) is 24.4 Å². The van der Waals surface area contributed by atoms with Gasteiger partial charge in [-0.1, -0.05) is 18.7 Å². The van der Waals surface area contributed by atoms with Gasteiger partial charge in [-0.25, -0.2) is 0 Å². The van der Waals surface area contributed by atoms with Gasteiger partial charge in [-0.05, 0) is 46.8 Å². The van der Waals surface area contributed by atoms with E-state index in [1.54, 1.807) is 43.3 Å². The minimum Gasteiger partial charge on any atom is -0.454 e. The maximum Gasteiger partial charge on any atom is 0.234 e. The standard InChI is InChI=1S/C19H18N6O4S/c1-2-17(26)20-12-3-5-13(6-4-12)21-18(27)10-30-19-22-23-24-25(19)14-7-8-15-16(9-14)29-11-28-15/h3-9H,2,10-11H2,1H3,(H,20,26)(H,21,27). The third-order valence-corrected chi connectivity index (χ3v) is 5.07. The van der Waals surface area contributed by atoms with E-state index in [4.69, 9.17) is 9.47 Å². The molecule has 0 unspecified atom stereocenters. The lowest BCUT2D eigenvalue weighted by Gasteiger charge is -2.08. The SMILES string of the molecule is CCC(=O)Nc1ccc(NC(=O)CSc2nnnn2-c2ccc3c(c2)OCO3)cc1. The van der Waals surface area contributed by atoms with Crippen molar-refractivity contribution in [2.75, 3.05) is 23.2 Å². The first-order valence-electron chi connectivity index (χ1n) is 9.13. The third kappa shape index (κ3) is 4.51. The molecule has 0 saturated carbocycles. The van der Waals surface area contributed by atoms with Crippen LogP contribution in [0.1, 0.15) is 13.3 Å². The van der Waals surface area contributed by atoms with Gasteiger partial charge in [0.15, 0.2) is 11.5 Å². The largest absolute Gasteiger partial charge is 0.454 e. The molecular weight excluding hydrogens is 408 g/mol. The normalized spacial score (nSPS) is 11.9. The highest BCUT2D eigenvalue weighted by Gasteiger charge is 2.17. The average molecular weight is 426 g/mol. The number of fused-ring (bicyclic) bond motifs is 1. The lowest BCUT2D eigenvalue weighted by molar-refractivity contribution is -0.116. The van der Waals surface area contributed by atoms with E-state index in [0.717, 1.165) is 0 Å². The van der Waals surface area contributed by atoms with Crippen LogP contribution in [0.3, 0.4) is 0 Å². The fraction of sp³-hybridized carbons (Fsp3) is 0.211. The van der Waals surface area contributed by atoms with Crippen LogP contribution in [0.4, 0.5) is 11.4 Å². The summed E-state index contributed by atoms with van der Waals surface area (Å²) in [5, 5.41) is 17.7. The van der Waals surface area contributed by atoms with Crippen molar-refractivity contribution in [3.63, 3.8) is 0 Å². The van der Waals surface area contributed by atoms with Crippen molar-refractivity contribution < 1.29 is 19.1 Å². The molecule has 4 rings (SSSR count). The molecule has 0 saturated heterocycles. The maximum absolute atomic E-state index is 12.3. The summed E-state index contributed by atoms with van der Waals surface area (Å²) in [6, 6.07) is 12.3. The van der Waals surface area contributed by atoms with E-state index in [0.29, 0.717) is 40.1 Å². The van der Waals surface area contributed by atoms with Crippen molar-refractivity contribution in [1.29, 1.82) is 0 Å². The first-order valence-corrected chi connectivity index (χ1v) is 10.1. The topological polar surface area (TPSA) is 120 Å². The minimum absolute atomic E-state index is 0.0663. The van der Waals surface area contributed by atoms with Gasteiger partial charge in [0.1, 0.15) is 0 Å². The molecule has 0 radical (unpaired) electrons. The molecule has 0 fully saturated rings. The number of hydrogen-bond donors (Lipinski definition) is 2. The summed E-state index contributed by atoms with van der Waals surface area (Å²) in [7, 11) is 0. The van der Waals surface area contributed by atoms with E-state index < -0.39 is 0 Å². The molecule has 1 aromatic heterocycles. The number of aromatic nitrogens is 4. The van der Waals surface area contributed by atoms with Gasteiger partial charge in [0, 0.05) is 23.9 Å². The Bertz CT molecular complexity index is 1070. The molecular formula is C19H18N6O4S. The van der Waals surface area contributed by atoms with Crippen LogP contribution in [0, 0.1) is 0 Å². The Morgan fingerprint density at radius 1 is 1.03 bits per heavy atom. The first kappa shape index (κ1) is 19.7. The fourth-order valence-electron chi connectivity index (χ4n) is 2.66. The summed E-state index contributed by atoms with van der Waals surface area (Å²) in [5.74, 6) is 1.14. The molecule has 2 amide bonds. The van der Waals surface area contributed by atoms with E-state index >= 15 is 0 Å². The lowest BCUT2D eigenvalue weighted by Crippen LogP contribution is -2.15. The van der Waals surface area contributed by atoms with Crippen LogP contribution in [0.2, 0.25) is 0 Å². The number of carbonyl (C=O) groups excluding carboxylic acids is 2. The zero-order valence-electron chi connectivity index (χ0n) is 16.0. The number of anilines is 2. The van der Waals surface area contributed by atoms with E-state index in [9.17, 15) is 9.59 Å². The number of carbonyl (C=O) groups is 2. The maximum atomic E-state index is 12.3. The van der Waals surface area contributed by atoms with Gasteiger partial charge in [0.2, 0.25) is 23.8 Å². The van der Waals surface area contributed by atoms with Gasteiger partial charge < -0.3 is 20.1 Å². The van der Waals surface area contributed by atoms with Crippen LogP contribution < -0.4 is 20.1 Å². The molecule has 154 valence electrons. The van der Waals surface area contributed by atoms with E-state index in [1.165, 1.54) is 16.4 Å². The first-order chi connectivity index (χ1) is 14.6. The monoisotopic (exact) mass is 426 g/mol. The van der Waals surface area contributed by atoms with Gasteiger partial charge in [0.05, 0.1) is 11.4 Å². The number of amides is 2. The number of benzene rings is 2. The second-order valence-electron chi connectivity index (χ2n) is 6.23. The molecule has 2 aromatic carbocycles. The van der Waals surface area contributed by atoms with Crippen LogP contribution in [0.5, 0.6) is 11.5 Å². The van der Waals surface area contributed by atoms with Gasteiger partial charge in [-0.2, -0.15) is 4.68 Å². The van der Waals surface area contributed by atoms with Crippen LogP contribution >= 0.6 is 11.8 Å². The summed E-state index contributed by atoms with van der Waals surface area (Å²) in [4.78, 5) is 23.7. The quantitative estimate of drug-likeness (QED) is 0.553. The van der Waals surface area contributed by atoms with Crippen LogP contribution in [0.25, 0.3) is 5.69 Å². The predicted molar refractivity (Wildman–Crippen MR) is 110 cm³/mol. The number of rotatable bonds is 7. The highest BCUT2D eigenvalue weighted by Crippen LogP contribution is 2.34. The van der Waals surface area contributed by atoms with Crippen LogP contribution in [-0.4, -0.2) is 44.6 Å². The third-order valence-electron chi connectivity index (χ3n) is 4.15. The highest BCUT2D eigenvalue weighted by atomic mass is 32.2.